The van der Waals surface area contributed by atoms with Crippen molar-refractivity contribution in [2.24, 2.45) is 0 Å². The SMILES string of the molecule is CCCC[C@H](c1ccc(C(C)C)cc1)N1CCNCC1. The smallest absolute Gasteiger partial charge is 0.0349 e. The highest BCUT2D eigenvalue weighted by atomic mass is 15.2. The van der Waals surface area contributed by atoms with Crippen LogP contribution in [0, 0.1) is 0 Å². The van der Waals surface area contributed by atoms with Crippen molar-refractivity contribution < 1.29 is 0 Å². The Balaban J connectivity index is 2.11. The van der Waals surface area contributed by atoms with Crippen LogP contribution in [0.15, 0.2) is 24.3 Å². The van der Waals surface area contributed by atoms with E-state index in [0.29, 0.717) is 12.0 Å². The Kier molecular flexibility index (Phi) is 6.06. The molecule has 1 aliphatic rings. The van der Waals surface area contributed by atoms with Gasteiger partial charge in [-0.15, -0.1) is 0 Å². The van der Waals surface area contributed by atoms with E-state index in [1.165, 1.54) is 43.5 Å². The number of piperazine rings is 1. The van der Waals surface area contributed by atoms with Gasteiger partial charge in [0.05, 0.1) is 0 Å². The Morgan fingerprint density at radius 2 is 1.65 bits per heavy atom. The van der Waals surface area contributed by atoms with Gasteiger partial charge in [0.1, 0.15) is 0 Å². The maximum Gasteiger partial charge on any atom is 0.0349 e. The molecule has 1 N–H and O–H groups in total. The third-order valence-corrected chi connectivity index (χ3v) is 4.41. The van der Waals surface area contributed by atoms with Crippen LogP contribution in [0.4, 0.5) is 0 Å². The molecule has 2 heteroatoms. The minimum absolute atomic E-state index is 0.610. The van der Waals surface area contributed by atoms with Crippen LogP contribution in [0.2, 0.25) is 0 Å². The summed E-state index contributed by atoms with van der Waals surface area (Å²) in [6.45, 7) is 11.4. The number of hydrogen-bond acceptors (Lipinski definition) is 2. The molecule has 112 valence electrons. The van der Waals surface area contributed by atoms with Crippen molar-refractivity contribution in [1.82, 2.24) is 10.2 Å². The highest BCUT2D eigenvalue weighted by Crippen LogP contribution is 2.28. The highest BCUT2D eigenvalue weighted by Gasteiger charge is 2.21. The Morgan fingerprint density at radius 3 is 2.20 bits per heavy atom. The first-order valence-corrected chi connectivity index (χ1v) is 8.27. The molecule has 1 heterocycles. The second-order valence-electron chi connectivity index (χ2n) is 6.27. The maximum absolute atomic E-state index is 3.46. The lowest BCUT2D eigenvalue weighted by molar-refractivity contribution is 0.163. The lowest BCUT2D eigenvalue weighted by atomic mass is 9.95. The van der Waals surface area contributed by atoms with Crippen LogP contribution in [0.1, 0.15) is 63.1 Å². The average molecular weight is 274 g/mol. The van der Waals surface area contributed by atoms with Crippen molar-refractivity contribution in [3.05, 3.63) is 35.4 Å². The van der Waals surface area contributed by atoms with Gasteiger partial charge in [0.2, 0.25) is 0 Å². The van der Waals surface area contributed by atoms with Crippen LogP contribution in [-0.4, -0.2) is 31.1 Å². The van der Waals surface area contributed by atoms with Crippen LogP contribution >= 0.6 is 0 Å². The van der Waals surface area contributed by atoms with Crippen molar-refractivity contribution in [2.75, 3.05) is 26.2 Å². The first-order chi connectivity index (χ1) is 9.72. The summed E-state index contributed by atoms with van der Waals surface area (Å²) < 4.78 is 0. The van der Waals surface area contributed by atoms with Gasteiger partial charge in [-0.05, 0) is 23.5 Å². The third kappa shape index (κ3) is 4.07. The van der Waals surface area contributed by atoms with Crippen molar-refractivity contribution in [3.8, 4) is 0 Å². The predicted molar refractivity (Wildman–Crippen MR) is 87.2 cm³/mol. The molecule has 0 radical (unpaired) electrons. The standard InChI is InChI=1S/C18H30N2/c1-4-5-6-18(20-13-11-19-12-14-20)17-9-7-16(8-10-17)15(2)3/h7-10,15,18-19H,4-6,11-14H2,1-3H3/t18-/m1/s1. The molecule has 20 heavy (non-hydrogen) atoms. The van der Waals surface area contributed by atoms with Gasteiger partial charge in [-0.3, -0.25) is 4.90 Å². The molecule has 0 spiro atoms. The van der Waals surface area contributed by atoms with Crippen LogP contribution in [0.25, 0.3) is 0 Å². The molecule has 0 aliphatic carbocycles. The Bertz CT molecular complexity index is 377. The van der Waals surface area contributed by atoms with E-state index in [9.17, 15) is 0 Å². The molecule has 1 atom stereocenters. The van der Waals surface area contributed by atoms with E-state index in [0.717, 1.165) is 13.1 Å². The third-order valence-electron chi connectivity index (χ3n) is 4.41. The molecular formula is C18H30N2. The van der Waals surface area contributed by atoms with E-state index < -0.39 is 0 Å². The summed E-state index contributed by atoms with van der Waals surface area (Å²) in [5.41, 5.74) is 2.95. The summed E-state index contributed by atoms with van der Waals surface area (Å²) >= 11 is 0. The molecule has 0 unspecified atom stereocenters. The minimum Gasteiger partial charge on any atom is -0.314 e. The van der Waals surface area contributed by atoms with Gasteiger partial charge < -0.3 is 5.32 Å². The molecule has 1 saturated heterocycles. The van der Waals surface area contributed by atoms with E-state index in [4.69, 9.17) is 0 Å². The number of benzene rings is 1. The second-order valence-corrected chi connectivity index (χ2v) is 6.27. The highest BCUT2D eigenvalue weighted by molar-refractivity contribution is 5.27. The summed E-state index contributed by atoms with van der Waals surface area (Å²) in [4.78, 5) is 2.66. The largest absolute Gasteiger partial charge is 0.314 e. The van der Waals surface area contributed by atoms with Gasteiger partial charge in [0.25, 0.3) is 0 Å². The van der Waals surface area contributed by atoms with Crippen LogP contribution in [0.5, 0.6) is 0 Å². The summed E-state index contributed by atoms with van der Waals surface area (Å²) in [6, 6.07) is 9.97. The zero-order valence-electron chi connectivity index (χ0n) is 13.4. The van der Waals surface area contributed by atoms with Crippen molar-refractivity contribution >= 4 is 0 Å². The number of nitrogens with zero attached hydrogens (tertiary/aromatic N) is 1. The lowest BCUT2D eigenvalue weighted by Crippen LogP contribution is -2.45. The Labute approximate surface area is 124 Å². The fourth-order valence-corrected chi connectivity index (χ4v) is 3.05. The lowest BCUT2D eigenvalue weighted by Gasteiger charge is -2.35. The number of hydrogen-bond donors (Lipinski definition) is 1. The number of nitrogens with one attached hydrogen (secondary N) is 1. The molecule has 0 saturated carbocycles. The Hall–Kier alpha value is -0.860. The molecule has 1 aromatic carbocycles. The summed E-state index contributed by atoms with van der Waals surface area (Å²) in [7, 11) is 0. The van der Waals surface area contributed by atoms with E-state index in [-0.39, 0.29) is 0 Å². The molecule has 0 amide bonds. The monoisotopic (exact) mass is 274 g/mol. The van der Waals surface area contributed by atoms with E-state index >= 15 is 0 Å². The topological polar surface area (TPSA) is 15.3 Å². The quantitative estimate of drug-likeness (QED) is 0.845. The fraction of sp³-hybridized carbons (Fsp3) is 0.667. The van der Waals surface area contributed by atoms with Gasteiger partial charge in [-0.1, -0.05) is 57.9 Å². The van der Waals surface area contributed by atoms with E-state index in [2.05, 4.69) is 55.3 Å². The fourth-order valence-electron chi connectivity index (χ4n) is 3.05. The van der Waals surface area contributed by atoms with Gasteiger partial charge in [0.15, 0.2) is 0 Å². The zero-order valence-corrected chi connectivity index (χ0v) is 13.4. The number of rotatable bonds is 6. The summed E-state index contributed by atoms with van der Waals surface area (Å²) in [5, 5.41) is 3.46. The van der Waals surface area contributed by atoms with Crippen LogP contribution in [-0.2, 0) is 0 Å². The maximum atomic E-state index is 3.46. The molecule has 2 nitrogen and oxygen atoms in total. The number of unbranched alkanes of at least 4 members (excludes halogenated alkanes) is 1. The summed E-state index contributed by atoms with van der Waals surface area (Å²) in [6.07, 6.45) is 3.89. The molecule has 0 bridgehead atoms. The van der Waals surface area contributed by atoms with Crippen molar-refractivity contribution in [3.63, 3.8) is 0 Å². The predicted octanol–water partition coefficient (Wildman–Crippen LogP) is 3.95. The molecule has 1 aliphatic heterocycles. The van der Waals surface area contributed by atoms with Gasteiger partial charge in [-0.25, -0.2) is 0 Å². The van der Waals surface area contributed by atoms with Crippen LogP contribution < -0.4 is 5.32 Å². The molecule has 1 fully saturated rings. The molecular weight excluding hydrogens is 244 g/mol. The minimum atomic E-state index is 0.610. The van der Waals surface area contributed by atoms with E-state index in [1.807, 2.05) is 0 Å². The first kappa shape index (κ1) is 15.5. The summed E-state index contributed by atoms with van der Waals surface area (Å²) in [5.74, 6) is 0.623. The molecule has 0 aromatic heterocycles. The first-order valence-electron chi connectivity index (χ1n) is 8.27. The van der Waals surface area contributed by atoms with E-state index in [1.54, 1.807) is 0 Å². The Morgan fingerprint density at radius 1 is 1.05 bits per heavy atom. The van der Waals surface area contributed by atoms with Gasteiger partial charge in [-0.2, -0.15) is 0 Å². The zero-order chi connectivity index (χ0) is 14.4. The average Bonchev–Trinajstić information content (AvgIpc) is 2.49. The second kappa shape index (κ2) is 7.80. The molecule has 2 rings (SSSR count). The van der Waals surface area contributed by atoms with Crippen molar-refractivity contribution in [1.29, 1.82) is 0 Å². The van der Waals surface area contributed by atoms with Gasteiger partial charge in [0, 0.05) is 32.2 Å². The van der Waals surface area contributed by atoms with Crippen LogP contribution in [0.3, 0.4) is 0 Å². The van der Waals surface area contributed by atoms with Crippen molar-refractivity contribution in [2.45, 2.75) is 52.0 Å². The van der Waals surface area contributed by atoms with Gasteiger partial charge >= 0.3 is 0 Å². The molecule has 1 aromatic rings. The normalized spacial score (nSPS) is 18.4.